The molecule has 0 saturated carbocycles. The molecule has 0 aliphatic carbocycles. The summed E-state index contributed by atoms with van der Waals surface area (Å²) < 4.78 is 14.8. The fourth-order valence-electron chi connectivity index (χ4n) is 4.54. The van der Waals surface area contributed by atoms with E-state index < -0.39 is 11.6 Å². The molecule has 164 valence electrons. The predicted octanol–water partition coefficient (Wildman–Crippen LogP) is 2.44. The quantitative estimate of drug-likeness (QED) is 0.640. The van der Waals surface area contributed by atoms with E-state index in [1.165, 1.54) is 12.1 Å². The Bertz CT molecular complexity index is 1230. The van der Waals surface area contributed by atoms with Gasteiger partial charge in [0.1, 0.15) is 11.4 Å². The lowest BCUT2D eigenvalue weighted by Crippen LogP contribution is -2.55. The van der Waals surface area contributed by atoms with Gasteiger partial charge in [0.2, 0.25) is 0 Å². The molecule has 3 heterocycles. The average Bonchev–Trinajstić information content (AvgIpc) is 3.25. The summed E-state index contributed by atoms with van der Waals surface area (Å²) in [6, 6.07) is 12.8. The van der Waals surface area contributed by atoms with Gasteiger partial charge in [-0.1, -0.05) is 30.3 Å². The lowest BCUT2D eigenvalue weighted by molar-refractivity contribution is -0.133. The number of nitrogens with one attached hydrogen (secondary N) is 1. The highest BCUT2D eigenvalue weighted by atomic mass is 19.1. The summed E-state index contributed by atoms with van der Waals surface area (Å²) in [6.45, 7) is 0.746. The number of benzene rings is 2. The number of hydrogen-bond donors (Lipinski definition) is 1. The molecule has 2 aromatic carbocycles. The lowest BCUT2D eigenvalue weighted by Gasteiger charge is -2.37. The first kappa shape index (κ1) is 20.2. The van der Waals surface area contributed by atoms with Crippen molar-refractivity contribution in [3.8, 4) is 0 Å². The molecule has 0 radical (unpaired) electrons. The van der Waals surface area contributed by atoms with Crippen molar-refractivity contribution >= 4 is 28.7 Å². The van der Waals surface area contributed by atoms with E-state index in [1.807, 2.05) is 24.3 Å². The van der Waals surface area contributed by atoms with Crippen LogP contribution in [-0.2, 0) is 18.4 Å². The van der Waals surface area contributed by atoms with Crippen LogP contribution in [0.4, 0.5) is 9.18 Å². The molecule has 1 spiro atoms. The van der Waals surface area contributed by atoms with Crippen molar-refractivity contribution in [1.82, 2.24) is 24.9 Å². The number of hydrogen-bond acceptors (Lipinski definition) is 4. The zero-order valence-corrected chi connectivity index (χ0v) is 17.5. The van der Waals surface area contributed by atoms with E-state index in [0.717, 1.165) is 15.8 Å². The van der Waals surface area contributed by atoms with Crippen LogP contribution in [0.25, 0.3) is 10.9 Å². The van der Waals surface area contributed by atoms with Gasteiger partial charge in [-0.3, -0.25) is 19.2 Å². The SMILES string of the molecule is Cn1nc(C(=O)N2CCC3(CC2)NC(=O)N(Cc2ccc(F)cc2)C3=O)c2ccccc21. The predicted molar refractivity (Wildman–Crippen MR) is 114 cm³/mol. The minimum atomic E-state index is -1.01. The molecular formula is C23H22FN5O3. The van der Waals surface area contributed by atoms with Crippen molar-refractivity contribution < 1.29 is 18.8 Å². The van der Waals surface area contributed by atoms with E-state index in [4.69, 9.17) is 0 Å². The number of likely N-dealkylation sites (tertiary alicyclic amines) is 1. The number of piperidine rings is 1. The van der Waals surface area contributed by atoms with E-state index in [9.17, 15) is 18.8 Å². The second kappa shape index (κ2) is 7.44. The molecule has 0 unspecified atom stereocenters. The Morgan fingerprint density at radius 3 is 2.50 bits per heavy atom. The number of carbonyl (C=O) groups excluding carboxylic acids is 3. The average molecular weight is 435 g/mol. The van der Waals surface area contributed by atoms with Crippen LogP contribution < -0.4 is 5.32 Å². The second-order valence-electron chi connectivity index (χ2n) is 8.31. The minimum absolute atomic E-state index is 0.0786. The lowest BCUT2D eigenvalue weighted by atomic mass is 9.87. The van der Waals surface area contributed by atoms with Gasteiger partial charge in [-0.05, 0) is 36.6 Å². The smallest absolute Gasteiger partial charge is 0.325 e. The van der Waals surface area contributed by atoms with Crippen molar-refractivity contribution in [2.24, 2.45) is 7.05 Å². The molecule has 32 heavy (non-hydrogen) atoms. The molecule has 5 rings (SSSR count). The summed E-state index contributed by atoms with van der Waals surface area (Å²) in [4.78, 5) is 41.7. The number of nitrogens with zero attached hydrogens (tertiary/aromatic N) is 4. The summed E-state index contributed by atoms with van der Waals surface area (Å²) in [5, 5.41) is 8.03. The molecule has 0 atom stereocenters. The molecule has 2 saturated heterocycles. The third-order valence-corrected chi connectivity index (χ3v) is 6.36. The third-order valence-electron chi connectivity index (χ3n) is 6.36. The van der Waals surface area contributed by atoms with Gasteiger partial charge in [0, 0.05) is 25.5 Å². The number of rotatable bonds is 3. The first-order chi connectivity index (χ1) is 15.4. The van der Waals surface area contributed by atoms with Crippen molar-refractivity contribution in [3.05, 3.63) is 65.6 Å². The maximum atomic E-state index is 13.2. The van der Waals surface area contributed by atoms with Crippen LogP contribution in [-0.4, -0.2) is 56.1 Å². The van der Waals surface area contributed by atoms with Crippen molar-refractivity contribution in [1.29, 1.82) is 0 Å². The second-order valence-corrected chi connectivity index (χ2v) is 8.31. The van der Waals surface area contributed by atoms with Crippen LogP contribution >= 0.6 is 0 Å². The molecule has 0 bridgehead atoms. The van der Waals surface area contributed by atoms with Crippen LogP contribution in [0.15, 0.2) is 48.5 Å². The third kappa shape index (κ3) is 3.21. The van der Waals surface area contributed by atoms with Crippen LogP contribution in [0.2, 0.25) is 0 Å². The number of amides is 4. The molecular weight excluding hydrogens is 413 g/mol. The molecule has 3 aromatic rings. The Kier molecular flexibility index (Phi) is 4.69. The largest absolute Gasteiger partial charge is 0.337 e. The highest BCUT2D eigenvalue weighted by molar-refractivity contribution is 6.08. The maximum absolute atomic E-state index is 13.2. The van der Waals surface area contributed by atoms with Crippen LogP contribution in [0.1, 0.15) is 28.9 Å². The molecule has 4 amide bonds. The first-order valence-electron chi connectivity index (χ1n) is 10.5. The topological polar surface area (TPSA) is 87.5 Å². The summed E-state index contributed by atoms with van der Waals surface area (Å²) in [5.41, 5.74) is 0.916. The van der Waals surface area contributed by atoms with Crippen LogP contribution in [0.3, 0.4) is 0 Å². The Balaban J connectivity index is 1.30. The summed E-state index contributed by atoms with van der Waals surface area (Å²) >= 11 is 0. The first-order valence-corrected chi connectivity index (χ1v) is 10.5. The Morgan fingerprint density at radius 2 is 1.78 bits per heavy atom. The van der Waals surface area contributed by atoms with E-state index in [0.29, 0.717) is 37.2 Å². The van der Waals surface area contributed by atoms with Crippen molar-refractivity contribution in [3.63, 3.8) is 0 Å². The van der Waals surface area contributed by atoms with E-state index in [1.54, 1.807) is 28.8 Å². The normalized spacial score (nSPS) is 17.9. The highest BCUT2D eigenvalue weighted by Crippen LogP contribution is 2.31. The molecule has 1 aromatic heterocycles. The van der Waals surface area contributed by atoms with Crippen molar-refractivity contribution in [2.45, 2.75) is 24.9 Å². The van der Waals surface area contributed by atoms with E-state index in [2.05, 4.69) is 10.4 Å². The van der Waals surface area contributed by atoms with Gasteiger partial charge in [0.05, 0.1) is 12.1 Å². The monoisotopic (exact) mass is 435 g/mol. The molecule has 2 fully saturated rings. The van der Waals surface area contributed by atoms with E-state index >= 15 is 0 Å². The van der Waals surface area contributed by atoms with Crippen molar-refractivity contribution in [2.75, 3.05) is 13.1 Å². The molecule has 2 aliphatic rings. The van der Waals surface area contributed by atoms with Gasteiger partial charge in [-0.15, -0.1) is 0 Å². The van der Waals surface area contributed by atoms with Gasteiger partial charge in [-0.2, -0.15) is 5.10 Å². The fraction of sp³-hybridized carbons (Fsp3) is 0.304. The number of carbonyl (C=O) groups is 3. The minimum Gasteiger partial charge on any atom is -0.337 e. The zero-order chi connectivity index (χ0) is 22.5. The number of halogens is 1. The van der Waals surface area contributed by atoms with Crippen LogP contribution in [0.5, 0.6) is 0 Å². The Labute approximate surface area is 183 Å². The van der Waals surface area contributed by atoms with E-state index in [-0.39, 0.29) is 24.2 Å². The van der Waals surface area contributed by atoms with Gasteiger partial charge in [-0.25, -0.2) is 9.18 Å². The summed E-state index contributed by atoms with van der Waals surface area (Å²) in [7, 11) is 1.80. The number of fused-ring (bicyclic) bond motifs is 1. The zero-order valence-electron chi connectivity index (χ0n) is 17.5. The number of urea groups is 1. The number of aromatic nitrogens is 2. The Hall–Kier alpha value is -3.75. The molecule has 1 N–H and O–H groups in total. The fourth-order valence-corrected chi connectivity index (χ4v) is 4.54. The molecule has 9 heteroatoms. The van der Waals surface area contributed by atoms with Gasteiger partial charge in [0.15, 0.2) is 5.69 Å². The molecule has 8 nitrogen and oxygen atoms in total. The standard InChI is InChI=1S/C23H22FN5O3/c1-27-18-5-3-2-4-17(18)19(26-27)20(30)28-12-10-23(11-13-28)21(31)29(22(32)25-23)14-15-6-8-16(24)9-7-15/h2-9H,10-14H2,1H3,(H,25,32). The highest BCUT2D eigenvalue weighted by Gasteiger charge is 2.52. The Morgan fingerprint density at radius 1 is 1.09 bits per heavy atom. The van der Waals surface area contributed by atoms with Gasteiger partial charge < -0.3 is 10.2 Å². The summed E-state index contributed by atoms with van der Waals surface area (Å²) in [5.74, 6) is -0.862. The molecule has 2 aliphatic heterocycles. The van der Waals surface area contributed by atoms with Gasteiger partial charge >= 0.3 is 6.03 Å². The number of imide groups is 1. The summed E-state index contributed by atoms with van der Waals surface area (Å²) in [6.07, 6.45) is 0.655. The number of para-hydroxylation sites is 1. The van der Waals surface area contributed by atoms with Crippen LogP contribution in [0, 0.1) is 5.82 Å². The van der Waals surface area contributed by atoms with Gasteiger partial charge in [0.25, 0.3) is 11.8 Å². The number of aryl methyl sites for hydroxylation is 1. The maximum Gasteiger partial charge on any atom is 0.325 e.